The van der Waals surface area contributed by atoms with Gasteiger partial charge in [-0.1, -0.05) is 43.3 Å². The number of nitrogens with one attached hydrogen (secondary N) is 2. The summed E-state index contributed by atoms with van der Waals surface area (Å²) in [5.74, 6) is 0.737. The van der Waals surface area contributed by atoms with Crippen LogP contribution in [0.25, 0.3) is 0 Å². The van der Waals surface area contributed by atoms with Gasteiger partial charge in [-0.3, -0.25) is 15.0 Å². The van der Waals surface area contributed by atoms with Crippen LogP contribution in [-0.4, -0.2) is 48.6 Å². The molecule has 8 nitrogen and oxygen atoms in total. The largest absolute Gasteiger partial charge is 0.379 e. The van der Waals surface area contributed by atoms with Crippen LogP contribution >= 0.6 is 24.0 Å². The molecular formula is C23H32IN5O3. The van der Waals surface area contributed by atoms with Crippen LogP contribution in [-0.2, 0) is 24.4 Å². The summed E-state index contributed by atoms with van der Waals surface area (Å²) in [6.07, 6.45) is 0.992. The highest BCUT2D eigenvalue weighted by Gasteiger charge is 2.13. The Morgan fingerprint density at radius 3 is 2.44 bits per heavy atom. The van der Waals surface area contributed by atoms with Crippen molar-refractivity contribution in [1.82, 2.24) is 15.5 Å². The zero-order chi connectivity index (χ0) is 21.9. The van der Waals surface area contributed by atoms with E-state index in [-0.39, 0.29) is 29.7 Å². The van der Waals surface area contributed by atoms with Gasteiger partial charge in [0.2, 0.25) is 0 Å². The molecule has 1 aliphatic heterocycles. The number of non-ortho nitro benzene ring substituents is 1. The first-order valence-corrected chi connectivity index (χ1v) is 10.8. The first kappa shape index (κ1) is 26.0. The smallest absolute Gasteiger partial charge is 0.269 e. The molecule has 0 unspecified atom stereocenters. The molecule has 0 spiro atoms. The summed E-state index contributed by atoms with van der Waals surface area (Å²) in [5, 5.41) is 17.6. The SMILES string of the molecule is CCCNC(=NCc1ccc([N+](=O)[O-])cc1)NCc1ccccc1CN1CCOCC1.I. The van der Waals surface area contributed by atoms with Gasteiger partial charge in [0.1, 0.15) is 0 Å². The van der Waals surface area contributed by atoms with E-state index >= 15 is 0 Å². The van der Waals surface area contributed by atoms with E-state index in [1.165, 1.54) is 23.3 Å². The van der Waals surface area contributed by atoms with Crippen LogP contribution < -0.4 is 10.6 Å². The third kappa shape index (κ3) is 8.36. The summed E-state index contributed by atoms with van der Waals surface area (Å²) in [6.45, 7) is 8.48. The van der Waals surface area contributed by atoms with Crippen LogP contribution in [0.5, 0.6) is 0 Å². The molecule has 1 aliphatic rings. The second kappa shape index (κ2) is 14.0. The fourth-order valence-corrected chi connectivity index (χ4v) is 3.37. The van der Waals surface area contributed by atoms with Gasteiger partial charge in [-0.15, -0.1) is 24.0 Å². The number of aliphatic imine (C=N–C) groups is 1. The summed E-state index contributed by atoms with van der Waals surface area (Å²) in [4.78, 5) is 17.5. The normalized spacial score (nSPS) is 14.5. The third-order valence-corrected chi connectivity index (χ3v) is 5.17. The Bertz CT molecular complexity index is 870. The van der Waals surface area contributed by atoms with Crippen molar-refractivity contribution in [1.29, 1.82) is 0 Å². The maximum Gasteiger partial charge on any atom is 0.269 e. The Morgan fingerprint density at radius 1 is 1.09 bits per heavy atom. The number of nitro benzene ring substituents is 1. The minimum atomic E-state index is -0.392. The van der Waals surface area contributed by atoms with Gasteiger partial charge in [-0.2, -0.15) is 0 Å². The number of guanidine groups is 1. The molecule has 2 aromatic rings. The van der Waals surface area contributed by atoms with E-state index in [1.54, 1.807) is 12.1 Å². The summed E-state index contributed by atoms with van der Waals surface area (Å²) in [5.41, 5.74) is 3.57. The molecule has 2 N–H and O–H groups in total. The number of rotatable bonds is 9. The maximum atomic E-state index is 10.8. The van der Waals surface area contributed by atoms with Gasteiger partial charge in [0, 0.05) is 44.9 Å². The lowest BCUT2D eigenvalue weighted by atomic mass is 10.1. The van der Waals surface area contributed by atoms with Gasteiger partial charge in [0.25, 0.3) is 5.69 Å². The predicted octanol–water partition coefficient (Wildman–Crippen LogP) is 3.69. The number of ether oxygens (including phenoxy) is 1. The Hall–Kier alpha value is -2.24. The van der Waals surface area contributed by atoms with Crippen LogP contribution in [0.3, 0.4) is 0 Å². The van der Waals surface area contributed by atoms with Gasteiger partial charge in [-0.25, -0.2) is 4.99 Å². The first-order valence-electron chi connectivity index (χ1n) is 10.8. The summed E-state index contributed by atoms with van der Waals surface area (Å²) < 4.78 is 5.45. The third-order valence-electron chi connectivity index (χ3n) is 5.17. The molecule has 1 heterocycles. The molecule has 0 atom stereocenters. The fraction of sp³-hybridized carbons (Fsp3) is 0.435. The highest BCUT2D eigenvalue weighted by Crippen LogP contribution is 2.14. The van der Waals surface area contributed by atoms with E-state index < -0.39 is 4.92 Å². The molecule has 0 aliphatic carbocycles. The van der Waals surface area contributed by atoms with E-state index in [0.717, 1.165) is 57.3 Å². The van der Waals surface area contributed by atoms with Crippen molar-refractivity contribution in [2.24, 2.45) is 4.99 Å². The lowest BCUT2D eigenvalue weighted by molar-refractivity contribution is -0.384. The quantitative estimate of drug-likeness (QED) is 0.162. The molecule has 174 valence electrons. The number of nitro groups is 1. The van der Waals surface area contributed by atoms with Crippen molar-refractivity contribution in [3.8, 4) is 0 Å². The number of hydrogen-bond donors (Lipinski definition) is 2. The molecular weight excluding hydrogens is 521 g/mol. The Kier molecular flexibility index (Phi) is 11.4. The van der Waals surface area contributed by atoms with Crippen molar-refractivity contribution in [2.45, 2.75) is 33.0 Å². The molecule has 2 aromatic carbocycles. The Morgan fingerprint density at radius 2 is 1.78 bits per heavy atom. The highest BCUT2D eigenvalue weighted by atomic mass is 127. The van der Waals surface area contributed by atoms with Crippen LogP contribution in [0.4, 0.5) is 5.69 Å². The van der Waals surface area contributed by atoms with Gasteiger partial charge in [-0.05, 0) is 23.1 Å². The molecule has 0 bridgehead atoms. The molecule has 3 rings (SSSR count). The molecule has 0 saturated carbocycles. The Labute approximate surface area is 206 Å². The molecule has 0 radical (unpaired) electrons. The summed E-state index contributed by atoms with van der Waals surface area (Å²) in [6, 6.07) is 15.0. The molecule has 0 amide bonds. The topological polar surface area (TPSA) is 92.0 Å². The second-order valence-corrected chi connectivity index (χ2v) is 7.53. The number of hydrogen-bond acceptors (Lipinski definition) is 5. The van der Waals surface area contributed by atoms with E-state index in [2.05, 4.69) is 51.7 Å². The number of halogens is 1. The monoisotopic (exact) mass is 553 g/mol. The fourth-order valence-electron chi connectivity index (χ4n) is 3.37. The van der Waals surface area contributed by atoms with Crippen molar-refractivity contribution in [3.63, 3.8) is 0 Å². The summed E-state index contributed by atoms with van der Waals surface area (Å²) in [7, 11) is 0. The van der Waals surface area contributed by atoms with Gasteiger partial charge >= 0.3 is 0 Å². The molecule has 9 heteroatoms. The van der Waals surface area contributed by atoms with Crippen molar-refractivity contribution in [3.05, 3.63) is 75.3 Å². The Balaban J connectivity index is 0.00000363. The van der Waals surface area contributed by atoms with E-state index in [9.17, 15) is 10.1 Å². The minimum Gasteiger partial charge on any atom is -0.379 e. The number of nitrogens with zero attached hydrogens (tertiary/aromatic N) is 3. The number of benzene rings is 2. The van der Waals surface area contributed by atoms with Crippen LogP contribution in [0.15, 0.2) is 53.5 Å². The van der Waals surface area contributed by atoms with Gasteiger partial charge < -0.3 is 15.4 Å². The van der Waals surface area contributed by atoms with Crippen molar-refractivity contribution in [2.75, 3.05) is 32.8 Å². The predicted molar refractivity (Wildman–Crippen MR) is 137 cm³/mol. The number of morpholine rings is 1. The van der Waals surface area contributed by atoms with Crippen LogP contribution in [0.2, 0.25) is 0 Å². The molecule has 1 fully saturated rings. The van der Waals surface area contributed by atoms with E-state index in [4.69, 9.17) is 4.74 Å². The summed E-state index contributed by atoms with van der Waals surface area (Å²) >= 11 is 0. The standard InChI is InChI=1S/C23H31N5O3.HI/c1-2-11-24-23(25-16-19-7-9-22(10-8-19)28(29)30)26-17-20-5-3-4-6-21(20)18-27-12-14-31-15-13-27;/h3-10H,2,11-18H2,1H3,(H2,24,25,26);1H. The first-order chi connectivity index (χ1) is 15.2. The van der Waals surface area contributed by atoms with E-state index in [0.29, 0.717) is 13.1 Å². The average Bonchev–Trinajstić information content (AvgIpc) is 2.80. The second-order valence-electron chi connectivity index (χ2n) is 7.53. The average molecular weight is 553 g/mol. The van der Waals surface area contributed by atoms with Gasteiger partial charge in [0.15, 0.2) is 5.96 Å². The highest BCUT2D eigenvalue weighted by molar-refractivity contribution is 14.0. The zero-order valence-corrected chi connectivity index (χ0v) is 20.8. The van der Waals surface area contributed by atoms with Crippen molar-refractivity contribution < 1.29 is 9.66 Å². The minimum absolute atomic E-state index is 0. The molecule has 1 saturated heterocycles. The van der Waals surface area contributed by atoms with Crippen LogP contribution in [0, 0.1) is 10.1 Å². The van der Waals surface area contributed by atoms with Gasteiger partial charge in [0.05, 0.1) is 24.7 Å². The van der Waals surface area contributed by atoms with E-state index in [1.807, 2.05) is 0 Å². The van der Waals surface area contributed by atoms with Crippen molar-refractivity contribution >= 4 is 35.6 Å². The molecule has 0 aromatic heterocycles. The molecule has 32 heavy (non-hydrogen) atoms. The van der Waals surface area contributed by atoms with Crippen LogP contribution in [0.1, 0.15) is 30.0 Å². The zero-order valence-electron chi connectivity index (χ0n) is 18.5. The maximum absolute atomic E-state index is 10.8. The lowest BCUT2D eigenvalue weighted by Crippen LogP contribution is -2.38. The lowest BCUT2D eigenvalue weighted by Gasteiger charge is -2.27.